The molecule has 0 amide bonds. The van der Waals surface area contributed by atoms with Gasteiger partial charge in [-0.3, -0.25) is 0 Å². The van der Waals surface area contributed by atoms with Crippen LogP contribution in [0.5, 0.6) is 0 Å². The van der Waals surface area contributed by atoms with E-state index in [1.54, 1.807) is 0 Å². The molecule has 1 heterocycles. The molecule has 0 aliphatic rings. The summed E-state index contributed by atoms with van der Waals surface area (Å²) in [6.07, 6.45) is 4.08. The van der Waals surface area contributed by atoms with Crippen LogP contribution < -0.4 is 5.73 Å². The summed E-state index contributed by atoms with van der Waals surface area (Å²) in [6.45, 7) is 2.70. The van der Waals surface area contributed by atoms with E-state index in [2.05, 4.69) is 29.7 Å². The Morgan fingerprint density at radius 2 is 1.93 bits per heavy atom. The molecule has 72 valence electrons. The Morgan fingerprint density at radius 1 is 1.21 bits per heavy atom. The van der Waals surface area contributed by atoms with Crippen LogP contribution in [-0.4, -0.2) is 4.57 Å². The van der Waals surface area contributed by atoms with Gasteiger partial charge in [-0.05, 0) is 42.3 Å². The van der Waals surface area contributed by atoms with Crippen molar-refractivity contribution in [2.24, 2.45) is 5.73 Å². The van der Waals surface area contributed by atoms with Gasteiger partial charge in [0, 0.05) is 24.6 Å². The summed E-state index contributed by atoms with van der Waals surface area (Å²) in [7, 11) is 0. The topological polar surface area (TPSA) is 30.9 Å². The molecule has 1 aromatic heterocycles. The molecule has 2 rings (SSSR count). The van der Waals surface area contributed by atoms with Crippen molar-refractivity contribution >= 4 is 0 Å². The van der Waals surface area contributed by atoms with E-state index in [1.807, 2.05) is 24.5 Å². The van der Waals surface area contributed by atoms with E-state index in [4.69, 9.17) is 5.73 Å². The number of rotatable bonds is 2. The van der Waals surface area contributed by atoms with Crippen LogP contribution in [0.4, 0.5) is 0 Å². The molecule has 2 N–H and O–H groups in total. The molecule has 0 fully saturated rings. The molecule has 0 saturated carbocycles. The number of hydrogen-bond acceptors (Lipinski definition) is 1. The molecule has 0 aliphatic carbocycles. The van der Waals surface area contributed by atoms with E-state index in [1.165, 1.54) is 16.8 Å². The normalized spacial score (nSPS) is 10.4. The summed E-state index contributed by atoms with van der Waals surface area (Å²) in [4.78, 5) is 0. The summed E-state index contributed by atoms with van der Waals surface area (Å²) < 4.78 is 2.09. The third-order valence-electron chi connectivity index (χ3n) is 2.45. The molecule has 0 unspecified atom stereocenters. The first-order valence-corrected chi connectivity index (χ1v) is 4.74. The second-order valence-corrected chi connectivity index (χ2v) is 3.41. The van der Waals surface area contributed by atoms with Crippen molar-refractivity contribution in [1.29, 1.82) is 0 Å². The monoisotopic (exact) mass is 186 g/mol. The van der Waals surface area contributed by atoms with Gasteiger partial charge in [-0.15, -0.1) is 0 Å². The first kappa shape index (κ1) is 9.03. The summed E-state index contributed by atoms with van der Waals surface area (Å²) >= 11 is 0. The predicted molar refractivity (Wildman–Crippen MR) is 58.4 cm³/mol. The maximum absolute atomic E-state index is 5.61. The number of aromatic nitrogens is 1. The highest BCUT2D eigenvalue weighted by molar-refractivity contribution is 5.40. The highest BCUT2D eigenvalue weighted by atomic mass is 14.9. The highest BCUT2D eigenvalue weighted by Gasteiger charge is 1.98. The zero-order chi connectivity index (χ0) is 9.97. The van der Waals surface area contributed by atoms with Crippen LogP contribution in [-0.2, 0) is 6.54 Å². The van der Waals surface area contributed by atoms with E-state index in [0.29, 0.717) is 6.54 Å². The smallest absolute Gasteiger partial charge is 0.0452 e. The van der Waals surface area contributed by atoms with E-state index in [9.17, 15) is 0 Å². The van der Waals surface area contributed by atoms with Gasteiger partial charge in [0.15, 0.2) is 0 Å². The average Bonchev–Trinajstić information content (AvgIpc) is 2.70. The molecule has 0 aliphatic heterocycles. The fourth-order valence-electron chi connectivity index (χ4n) is 1.58. The minimum atomic E-state index is 0.609. The molecule has 0 saturated heterocycles. The van der Waals surface area contributed by atoms with Gasteiger partial charge < -0.3 is 10.3 Å². The Kier molecular flexibility index (Phi) is 2.37. The van der Waals surface area contributed by atoms with Crippen LogP contribution in [0.1, 0.15) is 11.1 Å². The second kappa shape index (κ2) is 3.68. The van der Waals surface area contributed by atoms with Gasteiger partial charge in [-0.2, -0.15) is 0 Å². The lowest BCUT2D eigenvalue weighted by atomic mass is 10.1. The summed E-state index contributed by atoms with van der Waals surface area (Å²) in [5.74, 6) is 0. The van der Waals surface area contributed by atoms with E-state index >= 15 is 0 Å². The minimum absolute atomic E-state index is 0.609. The first-order chi connectivity index (χ1) is 6.81. The standard InChI is InChI=1S/C12H14N2/c1-10-8-12(5-4-11(10)9-13)14-6-2-3-7-14/h2-8H,9,13H2,1H3. The SMILES string of the molecule is Cc1cc(-n2cccc2)ccc1CN. The van der Waals surface area contributed by atoms with Crippen molar-refractivity contribution in [2.75, 3.05) is 0 Å². The van der Waals surface area contributed by atoms with Crippen molar-refractivity contribution < 1.29 is 0 Å². The number of aryl methyl sites for hydroxylation is 1. The van der Waals surface area contributed by atoms with Gasteiger partial charge in [0.2, 0.25) is 0 Å². The van der Waals surface area contributed by atoms with E-state index in [-0.39, 0.29) is 0 Å². The van der Waals surface area contributed by atoms with Gasteiger partial charge in [0.25, 0.3) is 0 Å². The van der Waals surface area contributed by atoms with Crippen molar-refractivity contribution in [3.63, 3.8) is 0 Å². The number of hydrogen-bond donors (Lipinski definition) is 1. The molecule has 2 nitrogen and oxygen atoms in total. The first-order valence-electron chi connectivity index (χ1n) is 4.74. The molecule has 2 aromatic rings. The molecule has 2 heteroatoms. The lowest BCUT2D eigenvalue weighted by molar-refractivity contribution is 1.03. The fourth-order valence-corrected chi connectivity index (χ4v) is 1.58. The third kappa shape index (κ3) is 1.56. The third-order valence-corrected chi connectivity index (χ3v) is 2.45. The Morgan fingerprint density at radius 3 is 2.50 bits per heavy atom. The fraction of sp³-hybridized carbons (Fsp3) is 0.167. The van der Waals surface area contributed by atoms with Crippen molar-refractivity contribution in [3.05, 3.63) is 53.9 Å². The summed E-state index contributed by atoms with van der Waals surface area (Å²) in [5, 5.41) is 0. The maximum atomic E-state index is 5.61. The Bertz CT molecular complexity index is 416. The van der Waals surface area contributed by atoms with E-state index < -0.39 is 0 Å². The van der Waals surface area contributed by atoms with Crippen molar-refractivity contribution in [1.82, 2.24) is 4.57 Å². The quantitative estimate of drug-likeness (QED) is 0.766. The maximum Gasteiger partial charge on any atom is 0.0452 e. The lowest BCUT2D eigenvalue weighted by Crippen LogP contribution is -2.00. The van der Waals surface area contributed by atoms with Gasteiger partial charge in [-0.1, -0.05) is 6.07 Å². The zero-order valence-corrected chi connectivity index (χ0v) is 8.27. The van der Waals surface area contributed by atoms with Gasteiger partial charge in [0.05, 0.1) is 0 Å². The van der Waals surface area contributed by atoms with Crippen LogP contribution in [0.15, 0.2) is 42.7 Å². The summed E-state index contributed by atoms with van der Waals surface area (Å²) in [5.41, 5.74) is 9.26. The number of nitrogens with zero attached hydrogens (tertiary/aromatic N) is 1. The second-order valence-electron chi connectivity index (χ2n) is 3.41. The van der Waals surface area contributed by atoms with Gasteiger partial charge >= 0.3 is 0 Å². The number of benzene rings is 1. The molecule has 14 heavy (non-hydrogen) atoms. The van der Waals surface area contributed by atoms with Crippen molar-refractivity contribution in [2.45, 2.75) is 13.5 Å². The molecule has 0 radical (unpaired) electrons. The summed E-state index contributed by atoms with van der Waals surface area (Å²) in [6, 6.07) is 10.4. The minimum Gasteiger partial charge on any atom is -0.326 e. The Hall–Kier alpha value is -1.54. The highest BCUT2D eigenvalue weighted by Crippen LogP contribution is 2.14. The largest absolute Gasteiger partial charge is 0.326 e. The zero-order valence-electron chi connectivity index (χ0n) is 8.27. The predicted octanol–water partition coefficient (Wildman–Crippen LogP) is 2.24. The van der Waals surface area contributed by atoms with Crippen molar-refractivity contribution in [3.8, 4) is 5.69 Å². The van der Waals surface area contributed by atoms with Crippen LogP contribution in [0.25, 0.3) is 5.69 Å². The number of nitrogens with two attached hydrogens (primary N) is 1. The average molecular weight is 186 g/mol. The van der Waals surface area contributed by atoms with Crippen LogP contribution in [0.3, 0.4) is 0 Å². The molecule has 0 bridgehead atoms. The molecule has 1 aromatic carbocycles. The molecule has 0 spiro atoms. The van der Waals surface area contributed by atoms with Crippen LogP contribution >= 0.6 is 0 Å². The van der Waals surface area contributed by atoms with Gasteiger partial charge in [0.1, 0.15) is 0 Å². The molecule has 0 atom stereocenters. The molecular weight excluding hydrogens is 172 g/mol. The van der Waals surface area contributed by atoms with E-state index in [0.717, 1.165) is 0 Å². The Balaban J connectivity index is 2.43. The molecular formula is C12H14N2. The van der Waals surface area contributed by atoms with Crippen LogP contribution in [0, 0.1) is 6.92 Å². The Labute approximate surface area is 84.0 Å². The lowest BCUT2D eigenvalue weighted by Gasteiger charge is -2.07. The van der Waals surface area contributed by atoms with Crippen LogP contribution in [0.2, 0.25) is 0 Å². The van der Waals surface area contributed by atoms with Gasteiger partial charge in [-0.25, -0.2) is 0 Å².